The molecule has 67 heavy (non-hydrogen) atoms. The lowest BCUT2D eigenvalue weighted by molar-refractivity contribution is -0.141. The molecule has 1 aromatic carbocycles. The number of aliphatic hydroxyl groups excluding tert-OH is 5. The second kappa shape index (κ2) is 21.6. The Morgan fingerprint density at radius 1 is 0.955 bits per heavy atom. The maximum Gasteiger partial charge on any atom is 0.354 e. The molecule has 26 nitrogen and oxygen atoms in total. The number of nitrogens with one attached hydrogen (secondary N) is 2. The molecule has 0 unspecified atom stereocenters. The predicted molar refractivity (Wildman–Crippen MR) is 228 cm³/mol. The maximum absolute atomic E-state index is 13.7. The largest absolute Gasteiger partial charge is 0.481 e. The van der Waals surface area contributed by atoms with Crippen molar-refractivity contribution in [2.45, 2.75) is 81.3 Å². The number of H-pyrrole nitrogens is 1. The summed E-state index contributed by atoms with van der Waals surface area (Å²) < 4.78 is 38.7. The van der Waals surface area contributed by atoms with Crippen molar-refractivity contribution in [3.05, 3.63) is 96.5 Å². The zero-order valence-corrected chi connectivity index (χ0v) is 35.9. The number of anilines is 3. The Morgan fingerprint density at radius 3 is 2.24 bits per heavy atom. The number of halogens is 2. The first-order chi connectivity index (χ1) is 31.5. The predicted octanol–water partition coefficient (Wildman–Crippen LogP) is -2.48. The molecular weight excluding hydrogens is 921 g/mol. The van der Waals surface area contributed by atoms with Crippen molar-refractivity contribution in [2.75, 3.05) is 36.6 Å². The summed E-state index contributed by atoms with van der Waals surface area (Å²) in [5.74, 6) is -6.47. The highest BCUT2D eigenvalue weighted by Crippen LogP contribution is 2.42. The number of thiophene rings is 1. The summed E-state index contributed by atoms with van der Waals surface area (Å²) in [5.41, 5.74) is 9.96. The lowest BCUT2D eigenvalue weighted by atomic mass is 10.1. The van der Waals surface area contributed by atoms with Gasteiger partial charge in [-0.1, -0.05) is 6.07 Å². The Bertz CT molecular complexity index is 2760. The minimum atomic E-state index is -3.71. The van der Waals surface area contributed by atoms with Crippen LogP contribution in [0, 0.1) is 6.92 Å². The number of aliphatic carboxylic acids is 2. The summed E-state index contributed by atoms with van der Waals surface area (Å²) in [4.78, 5) is 88.9. The van der Waals surface area contributed by atoms with Gasteiger partial charge in [0.2, 0.25) is 12.2 Å². The van der Waals surface area contributed by atoms with Crippen molar-refractivity contribution in [1.29, 1.82) is 0 Å². The number of carboxylic acid groups (broad SMARTS) is 2. The molecule has 0 aliphatic carbocycles. The SMILES string of the molecule is Cc1nc2ccc(CN(C)c3ccc(C(=O)N[C@@H](CCC(=O)O)C(=O)O)s3)cc2c(=O)[nH]1.Nc1ccn([C@@H]2O[C@H](CO)[C@@H](O)C2(F)F)c(=O)n1.Nc1ncn([C@@H]2O[C@H](CO)[C@@H](O)[C@H]2O)c(=O)n1. The first kappa shape index (κ1) is 51.1. The van der Waals surface area contributed by atoms with Gasteiger partial charge < -0.3 is 71.9 Å². The van der Waals surface area contributed by atoms with Crippen molar-refractivity contribution in [1.82, 2.24) is 39.4 Å². The second-order valence-electron chi connectivity index (χ2n) is 14.8. The molecule has 2 aliphatic heterocycles. The van der Waals surface area contributed by atoms with E-state index in [1.807, 2.05) is 18.0 Å². The molecule has 29 heteroatoms. The fraction of sp³-hybridized carbons (Fsp3) is 0.421. The van der Waals surface area contributed by atoms with Gasteiger partial charge in [-0.05, 0) is 49.2 Å². The number of aromatic nitrogens is 7. The number of fused-ring (bicyclic) bond motifs is 1. The van der Waals surface area contributed by atoms with Crippen molar-refractivity contribution >= 4 is 56.9 Å². The van der Waals surface area contributed by atoms with Gasteiger partial charge in [-0.3, -0.25) is 23.5 Å². The van der Waals surface area contributed by atoms with Gasteiger partial charge in [0.05, 0.1) is 34.0 Å². The number of carboxylic acids is 2. The summed E-state index contributed by atoms with van der Waals surface area (Å²) >= 11 is 1.18. The number of aryl methyl sites for hydroxylation is 1. The number of carbonyl (C=O) groups excluding carboxylic acids is 1. The molecule has 2 saturated heterocycles. The first-order valence-electron chi connectivity index (χ1n) is 19.6. The third kappa shape index (κ3) is 12.1. The van der Waals surface area contributed by atoms with Gasteiger partial charge in [0, 0.05) is 26.2 Å². The van der Waals surface area contributed by atoms with Crippen molar-refractivity contribution in [3.8, 4) is 0 Å². The van der Waals surface area contributed by atoms with E-state index >= 15 is 0 Å². The second-order valence-corrected chi connectivity index (χ2v) is 15.9. The lowest BCUT2D eigenvalue weighted by Crippen LogP contribution is -2.41. The summed E-state index contributed by atoms with van der Waals surface area (Å²) in [6.45, 7) is 0.933. The summed E-state index contributed by atoms with van der Waals surface area (Å²) in [5, 5.41) is 67.8. The van der Waals surface area contributed by atoms with E-state index in [2.05, 4.69) is 30.2 Å². The fourth-order valence-electron chi connectivity index (χ4n) is 6.52. The average molecular weight is 966 g/mol. The van der Waals surface area contributed by atoms with Gasteiger partial charge in [-0.2, -0.15) is 18.7 Å². The quantitative estimate of drug-likeness (QED) is 0.0582. The molecule has 1 amide bonds. The highest BCUT2D eigenvalue weighted by molar-refractivity contribution is 7.18. The number of amides is 1. The van der Waals surface area contributed by atoms with Gasteiger partial charge >= 0.3 is 29.2 Å². The molecule has 2 fully saturated rings. The summed E-state index contributed by atoms with van der Waals surface area (Å²) in [6, 6.07) is 8.64. The Hall–Kier alpha value is -6.86. The number of aliphatic hydroxyl groups is 5. The molecular formula is C38H45F2N11O15S. The molecule has 5 aromatic rings. The average Bonchev–Trinajstić information content (AvgIpc) is 3.94. The third-order valence-electron chi connectivity index (χ3n) is 9.95. The number of nitrogens with two attached hydrogens (primary N) is 2. The zero-order chi connectivity index (χ0) is 49.5. The Morgan fingerprint density at radius 2 is 1.64 bits per heavy atom. The topological polar surface area (TPSA) is 407 Å². The van der Waals surface area contributed by atoms with Gasteiger partial charge in [-0.15, -0.1) is 11.3 Å². The number of benzene rings is 1. The summed E-state index contributed by atoms with van der Waals surface area (Å²) in [6.07, 6.45) is -8.93. The van der Waals surface area contributed by atoms with Gasteiger partial charge in [0.25, 0.3) is 11.5 Å². The van der Waals surface area contributed by atoms with E-state index < -0.39 is 97.4 Å². The molecule has 13 N–H and O–H groups in total. The van der Waals surface area contributed by atoms with Gasteiger partial charge in [-0.25, -0.2) is 24.4 Å². The van der Waals surface area contributed by atoms with E-state index in [-0.39, 0.29) is 30.2 Å². The minimum Gasteiger partial charge on any atom is -0.481 e. The van der Waals surface area contributed by atoms with E-state index in [0.717, 1.165) is 33.7 Å². The number of carbonyl (C=O) groups is 3. The third-order valence-corrected chi connectivity index (χ3v) is 11.1. The number of ether oxygens (including phenoxy) is 2. The number of aromatic amines is 1. The van der Waals surface area contributed by atoms with Crippen LogP contribution in [0.1, 0.15) is 46.4 Å². The van der Waals surface area contributed by atoms with E-state index in [1.165, 1.54) is 11.3 Å². The fourth-order valence-corrected chi connectivity index (χ4v) is 7.39. The molecule has 0 spiro atoms. The molecule has 0 saturated carbocycles. The number of rotatable bonds is 13. The van der Waals surface area contributed by atoms with E-state index in [0.29, 0.717) is 32.7 Å². The van der Waals surface area contributed by atoms with Crippen molar-refractivity contribution in [3.63, 3.8) is 0 Å². The zero-order valence-electron chi connectivity index (χ0n) is 35.1. The van der Waals surface area contributed by atoms with Crippen LogP contribution >= 0.6 is 11.3 Å². The molecule has 7 rings (SSSR count). The van der Waals surface area contributed by atoms with Crippen LogP contribution in [0.2, 0.25) is 0 Å². The van der Waals surface area contributed by atoms with E-state index in [1.54, 1.807) is 31.2 Å². The van der Waals surface area contributed by atoms with E-state index in [9.17, 15) is 58.0 Å². The standard InChI is InChI=1S/C21H22N4O6S.C9H11F2N3O4.C8H12N4O5/c1-11-22-14-4-3-12(9-13(14)19(28)23-11)10-25(2)17-7-6-16(32-17)20(29)24-15(21(30)31)5-8-18(26)27;10-9(11)6(16)4(3-15)18-7(9)14-2-1-5(12)13-8(14)17;9-7-10-2-12(8(16)11-7)6-5(15)4(14)3(1-13)17-6/h3-4,6-7,9,15H,5,8,10H2,1-2H3,(H,24,29)(H,26,27)(H,30,31)(H,22,23,28);1-2,4,6-7,15-16H,3H2,(H2,12,13,17);2-6,13-15H,1H2,(H2,9,11,16)/t15-;4-,6-,7-;3-,4-,5-,6-/m011/s1. The molecule has 0 radical (unpaired) electrons. The lowest BCUT2D eigenvalue weighted by Gasteiger charge is -2.20. The molecule has 2 aliphatic rings. The summed E-state index contributed by atoms with van der Waals surface area (Å²) in [7, 11) is 1.84. The number of nitrogen functional groups attached to an aromatic ring is 2. The first-order valence-corrected chi connectivity index (χ1v) is 20.4. The van der Waals surface area contributed by atoms with Crippen LogP contribution in [0.15, 0.2) is 63.3 Å². The van der Waals surface area contributed by atoms with Gasteiger partial charge in [0.1, 0.15) is 48.4 Å². The van der Waals surface area contributed by atoms with Crippen molar-refractivity contribution < 1.29 is 68.4 Å². The highest BCUT2D eigenvalue weighted by Gasteiger charge is 2.59. The number of hydrogen-bond acceptors (Lipinski definition) is 21. The molecule has 4 aromatic heterocycles. The number of alkyl halides is 2. The van der Waals surface area contributed by atoms with E-state index in [4.69, 9.17) is 36.3 Å². The maximum atomic E-state index is 13.7. The van der Waals surface area contributed by atoms with Gasteiger partial charge in [0.15, 0.2) is 12.3 Å². The van der Waals surface area contributed by atoms with Crippen LogP contribution in [-0.4, -0.2) is 150 Å². The van der Waals surface area contributed by atoms with Crippen LogP contribution in [-0.2, 0) is 25.6 Å². The van der Waals surface area contributed by atoms with Crippen molar-refractivity contribution in [2.24, 2.45) is 0 Å². The minimum absolute atomic E-state index is 0.114. The molecule has 0 bridgehead atoms. The Balaban J connectivity index is 0.000000203. The van der Waals surface area contributed by atoms with Crippen LogP contribution in [0.5, 0.6) is 0 Å². The molecule has 6 heterocycles. The molecule has 362 valence electrons. The monoisotopic (exact) mass is 965 g/mol. The van der Waals surface area contributed by atoms with Crippen LogP contribution < -0.4 is 38.6 Å². The van der Waals surface area contributed by atoms with Crippen LogP contribution in [0.3, 0.4) is 0 Å². The Kier molecular flexibility index (Phi) is 16.5. The molecule has 8 atom stereocenters. The van der Waals surface area contributed by atoms with Crippen LogP contribution in [0.25, 0.3) is 10.9 Å². The normalized spacial score (nSPS) is 22.2. The Labute approximate surface area is 378 Å². The number of hydrogen-bond donors (Lipinski definition) is 11. The number of nitrogens with zero attached hydrogens (tertiary/aromatic N) is 7. The highest BCUT2D eigenvalue weighted by atomic mass is 32.1. The smallest absolute Gasteiger partial charge is 0.354 e. The van der Waals surface area contributed by atoms with Crippen LogP contribution in [0.4, 0.5) is 25.5 Å².